The summed E-state index contributed by atoms with van der Waals surface area (Å²) in [6, 6.07) is 3.77. The Kier molecular flexibility index (Phi) is 3.99. The number of thiazole rings is 1. The largest absolute Gasteiger partial charge is 0.398 e. The molecule has 0 spiro atoms. The zero-order valence-corrected chi connectivity index (χ0v) is 13.4. The van der Waals surface area contributed by atoms with Gasteiger partial charge >= 0.3 is 0 Å². The van der Waals surface area contributed by atoms with E-state index in [2.05, 4.69) is 10.3 Å². The predicted octanol–water partition coefficient (Wildman–Crippen LogP) is 2.75. The fraction of sp³-hybridized carbons (Fsp3) is 0.333. The summed E-state index contributed by atoms with van der Waals surface area (Å²) in [7, 11) is 0. The summed E-state index contributed by atoms with van der Waals surface area (Å²) in [5.74, 6) is -0.393. The van der Waals surface area contributed by atoms with Crippen LogP contribution in [0.25, 0.3) is 0 Å². The molecular weight excluding hydrogens is 316 g/mol. The van der Waals surface area contributed by atoms with E-state index in [1.807, 2.05) is 6.92 Å². The zero-order valence-electron chi connectivity index (χ0n) is 12.5. The number of carbonyl (C=O) groups is 1. The van der Waals surface area contributed by atoms with Gasteiger partial charge in [0.25, 0.3) is 11.6 Å². The lowest BCUT2D eigenvalue weighted by molar-refractivity contribution is -0.384. The average molecular weight is 332 g/mol. The zero-order chi connectivity index (χ0) is 16.6. The molecule has 120 valence electrons. The van der Waals surface area contributed by atoms with Crippen molar-refractivity contribution in [1.29, 1.82) is 0 Å². The van der Waals surface area contributed by atoms with Crippen molar-refractivity contribution in [1.82, 2.24) is 10.3 Å². The molecule has 0 fully saturated rings. The number of non-ortho nitro benzene ring substituents is 1. The lowest BCUT2D eigenvalue weighted by Crippen LogP contribution is -2.30. The quantitative estimate of drug-likeness (QED) is 0.510. The van der Waals surface area contributed by atoms with Crippen molar-refractivity contribution < 1.29 is 9.72 Å². The van der Waals surface area contributed by atoms with E-state index < -0.39 is 10.8 Å². The first-order valence-electron chi connectivity index (χ1n) is 7.26. The van der Waals surface area contributed by atoms with Gasteiger partial charge in [0.15, 0.2) is 0 Å². The number of nitrogen functional groups attached to an aromatic ring is 1. The van der Waals surface area contributed by atoms with Gasteiger partial charge in [0.2, 0.25) is 0 Å². The third kappa shape index (κ3) is 3.02. The van der Waals surface area contributed by atoms with E-state index in [0.717, 1.165) is 34.8 Å². The van der Waals surface area contributed by atoms with Crippen molar-refractivity contribution in [2.75, 3.05) is 5.73 Å². The minimum atomic E-state index is -0.540. The number of nitro benzene ring substituents is 1. The van der Waals surface area contributed by atoms with Crippen LogP contribution in [0.2, 0.25) is 0 Å². The molecule has 0 aliphatic heterocycles. The highest BCUT2D eigenvalue weighted by Gasteiger charge is 2.26. The Labute approximate surface area is 136 Å². The molecule has 0 unspecified atom stereocenters. The smallest absolute Gasteiger partial charge is 0.270 e. The summed E-state index contributed by atoms with van der Waals surface area (Å²) < 4.78 is 0. The fourth-order valence-electron chi connectivity index (χ4n) is 2.77. The van der Waals surface area contributed by atoms with E-state index >= 15 is 0 Å². The number of carbonyl (C=O) groups excluding carboxylic acids is 1. The van der Waals surface area contributed by atoms with Crippen LogP contribution in [0.4, 0.5) is 11.4 Å². The van der Waals surface area contributed by atoms with Gasteiger partial charge in [-0.1, -0.05) is 0 Å². The molecule has 0 saturated heterocycles. The maximum atomic E-state index is 12.5. The van der Waals surface area contributed by atoms with Gasteiger partial charge in [0, 0.05) is 17.8 Å². The van der Waals surface area contributed by atoms with Crippen molar-refractivity contribution in [3.8, 4) is 0 Å². The number of nitrogens with two attached hydrogens (primary N) is 1. The van der Waals surface area contributed by atoms with Crippen molar-refractivity contribution in [3.05, 3.63) is 49.5 Å². The topological polar surface area (TPSA) is 111 Å². The van der Waals surface area contributed by atoms with Crippen LogP contribution in [-0.4, -0.2) is 15.8 Å². The molecule has 1 atom stereocenters. The van der Waals surface area contributed by atoms with Crippen LogP contribution in [0.15, 0.2) is 18.2 Å². The molecule has 1 aromatic heterocycles. The molecule has 0 radical (unpaired) electrons. The SMILES string of the molecule is Cc1nc2c(s1)[C@@H](NC(=O)c1cc([N+](=O)[O-])ccc1N)CCC2. The Balaban J connectivity index is 1.85. The van der Waals surface area contributed by atoms with Gasteiger partial charge in [-0.25, -0.2) is 4.98 Å². The highest BCUT2D eigenvalue weighted by Crippen LogP contribution is 2.34. The van der Waals surface area contributed by atoms with Gasteiger partial charge in [-0.2, -0.15) is 0 Å². The summed E-state index contributed by atoms with van der Waals surface area (Å²) in [4.78, 5) is 28.4. The minimum Gasteiger partial charge on any atom is -0.398 e. The average Bonchev–Trinajstić information content (AvgIpc) is 2.88. The van der Waals surface area contributed by atoms with Gasteiger partial charge in [-0.15, -0.1) is 11.3 Å². The summed E-state index contributed by atoms with van der Waals surface area (Å²) >= 11 is 1.58. The normalized spacial score (nSPS) is 16.7. The van der Waals surface area contributed by atoms with Crippen LogP contribution in [0.5, 0.6) is 0 Å². The highest BCUT2D eigenvalue weighted by molar-refractivity contribution is 7.11. The van der Waals surface area contributed by atoms with E-state index in [9.17, 15) is 14.9 Å². The van der Waals surface area contributed by atoms with E-state index in [4.69, 9.17) is 5.73 Å². The Morgan fingerprint density at radius 1 is 1.52 bits per heavy atom. The number of aryl methyl sites for hydroxylation is 2. The Bertz CT molecular complexity index is 787. The lowest BCUT2D eigenvalue weighted by atomic mass is 9.97. The number of fused-ring (bicyclic) bond motifs is 1. The van der Waals surface area contributed by atoms with Crippen LogP contribution in [0.3, 0.4) is 0 Å². The Morgan fingerprint density at radius 3 is 3.04 bits per heavy atom. The first-order valence-corrected chi connectivity index (χ1v) is 8.08. The molecule has 1 aliphatic carbocycles. The first kappa shape index (κ1) is 15.4. The molecule has 7 nitrogen and oxygen atoms in total. The maximum Gasteiger partial charge on any atom is 0.270 e. The number of hydrogen-bond donors (Lipinski definition) is 2. The van der Waals surface area contributed by atoms with Gasteiger partial charge in [-0.05, 0) is 32.3 Å². The molecule has 3 rings (SSSR count). The Morgan fingerprint density at radius 2 is 2.30 bits per heavy atom. The monoisotopic (exact) mass is 332 g/mol. The van der Waals surface area contributed by atoms with E-state index in [0.29, 0.717) is 0 Å². The molecule has 0 bridgehead atoms. The molecule has 3 N–H and O–H groups in total. The first-order chi connectivity index (χ1) is 11.0. The van der Waals surface area contributed by atoms with E-state index in [-0.39, 0.29) is 23.0 Å². The number of aromatic nitrogens is 1. The summed E-state index contributed by atoms with van der Waals surface area (Å²) in [5.41, 5.74) is 7.05. The predicted molar refractivity (Wildman–Crippen MR) is 87.5 cm³/mol. The minimum absolute atomic E-state index is 0.115. The highest BCUT2D eigenvalue weighted by atomic mass is 32.1. The number of anilines is 1. The van der Waals surface area contributed by atoms with Gasteiger partial charge in [0.1, 0.15) is 0 Å². The van der Waals surface area contributed by atoms with Crippen LogP contribution >= 0.6 is 11.3 Å². The number of amides is 1. The van der Waals surface area contributed by atoms with E-state index in [1.165, 1.54) is 18.2 Å². The van der Waals surface area contributed by atoms with Crippen LogP contribution in [-0.2, 0) is 6.42 Å². The summed E-state index contributed by atoms with van der Waals surface area (Å²) in [6.07, 6.45) is 2.70. The number of rotatable bonds is 3. The van der Waals surface area contributed by atoms with Crippen molar-refractivity contribution in [3.63, 3.8) is 0 Å². The van der Waals surface area contributed by atoms with Gasteiger partial charge < -0.3 is 11.1 Å². The van der Waals surface area contributed by atoms with E-state index in [1.54, 1.807) is 11.3 Å². The molecule has 1 heterocycles. The van der Waals surface area contributed by atoms with Crippen molar-refractivity contribution in [2.24, 2.45) is 0 Å². The van der Waals surface area contributed by atoms with Crippen LogP contribution in [0.1, 0.15) is 44.8 Å². The summed E-state index contributed by atoms with van der Waals surface area (Å²) in [6.45, 7) is 1.94. The molecule has 2 aromatic rings. The second-order valence-corrected chi connectivity index (χ2v) is 6.73. The number of nitrogens with one attached hydrogen (secondary N) is 1. The molecule has 0 saturated carbocycles. The second-order valence-electron chi connectivity index (χ2n) is 5.49. The van der Waals surface area contributed by atoms with Crippen LogP contribution < -0.4 is 11.1 Å². The number of hydrogen-bond acceptors (Lipinski definition) is 6. The molecule has 1 aliphatic rings. The number of benzene rings is 1. The van der Waals surface area contributed by atoms with Crippen LogP contribution in [0, 0.1) is 17.0 Å². The van der Waals surface area contributed by atoms with Crippen molar-refractivity contribution >= 4 is 28.6 Å². The molecule has 1 amide bonds. The molecular formula is C15H16N4O3S. The number of nitro groups is 1. The second kappa shape index (κ2) is 5.96. The standard InChI is InChI=1S/C15H16N4O3S/c1-8-17-12-3-2-4-13(14(12)23-8)18-15(20)10-7-9(19(21)22)5-6-11(10)16/h5-7,13H,2-4,16H2,1H3,(H,18,20)/t13-/m0/s1. The third-order valence-corrected chi connectivity index (χ3v) is 4.98. The number of nitrogens with zero attached hydrogens (tertiary/aromatic N) is 2. The van der Waals surface area contributed by atoms with Gasteiger partial charge in [0.05, 0.1) is 32.1 Å². The molecule has 1 aromatic carbocycles. The van der Waals surface area contributed by atoms with Gasteiger partial charge in [-0.3, -0.25) is 14.9 Å². The summed E-state index contributed by atoms with van der Waals surface area (Å²) in [5, 5.41) is 14.8. The lowest BCUT2D eigenvalue weighted by Gasteiger charge is -2.22. The van der Waals surface area contributed by atoms with Crippen molar-refractivity contribution in [2.45, 2.75) is 32.2 Å². The maximum absolute atomic E-state index is 12.5. The molecule has 23 heavy (non-hydrogen) atoms. The fourth-order valence-corrected chi connectivity index (χ4v) is 3.83. The Hall–Kier alpha value is -2.48. The molecule has 8 heteroatoms. The third-order valence-electron chi connectivity index (χ3n) is 3.86.